The van der Waals surface area contributed by atoms with Crippen LogP contribution in [-0.2, 0) is 16.0 Å². The van der Waals surface area contributed by atoms with Crippen LogP contribution < -0.4 is 10.6 Å². The first-order chi connectivity index (χ1) is 14.4. The van der Waals surface area contributed by atoms with Crippen molar-refractivity contribution < 1.29 is 18.9 Å². The monoisotopic (exact) mass is 447 g/mol. The average Bonchev–Trinajstić information content (AvgIpc) is 3.16. The van der Waals surface area contributed by atoms with Gasteiger partial charge in [-0.1, -0.05) is 35.2 Å². The van der Waals surface area contributed by atoms with Gasteiger partial charge in [0.2, 0.25) is 16.9 Å². The first kappa shape index (κ1) is 21.3. The van der Waals surface area contributed by atoms with Crippen LogP contribution in [0.15, 0.2) is 52.9 Å². The van der Waals surface area contributed by atoms with Gasteiger partial charge in [-0.25, -0.2) is 4.39 Å². The predicted molar refractivity (Wildman–Crippen MR) is 111 cm³/mol. The number of rotatable bonds is 8. The zero-order valence-corrected chi connectivity index (χ0v) is 16.8. The number of non-ortho nitro benzene ring substituents is 1. The summed E-state index contributed by atoms with van der Waals surface area (Å²) in [5, 5.41) is 23.9. The molecule has 0 aliphatic carbocycles. The van der Waals surface area contributed by atoms with Crippen molar-refractivity contribution in [2.24, 2.45) is 0 Å². The van der Waals surface area contributed by atoms with Crippen LogP contribution >= 0.6 is 23.1 Å². The van der Waals surface area contributed by atoms with Crippen molar-refractivity contribution in [1.82, 2.24) is 10.2 Å². The molecule has 1 aromatic heterocycles. The maximum Gasteiger partial charge on any atom is 0.269 e. The molecule has 0 saturated carbocycles. The molecule has 3 rings (SSSR count). The van der Waals surface area contributed by atoms with E-state index in [1.807, 2.05) is 0 Å². The van der Waals surface area contributed by atoms with Gasteiger partial charge in [0.05, 0.1) is 17.1 Å². The molecule has 30 heavy (non-hydrogen) atoms. The smallest absolute Gasteiger partial charge is 0.269 e. The molecular formula is C18H14FN5O4S2. The van der Waals surface area contributed by atoms with Crippen LogP contribution in [0.2, 0.25) is 0 Å². The van der Waals surface area contributed by atoms with Crippen molar-refractivity contribution in [2.45, 2.75) is 10.8 Å². The lowest BCUT2D eigenvalue weighted by molar-refractivity contribution is -0.384. The van der Waals surface area contributed by atoms with E-state index in [-0.39, 0.29) is 35.5 Å². The second kappa shape index (κ2) is 9.89. The standard InChI is InChI=1S/C18H14FN5O4S2/c19-12-3-1-11(2-4-12)9-15(25)21-17-22-23-18(30-17)29-10-16(26)20-13-5-7-14(8-6-13)24(27)28/h1-8H,9-10H2,(H,20,26)(H,21,22,25). The molecule has 2 amide bonds. The zero-order valence-electron chi connectivity index (χ0n) is 15.2. The molecule has 0 saturated heterocycles. The summed E-state index contributed by atoms with van der Waals surface area (Å²) < 4.78 is 13.4. The topological polar surface area (TPSA) is 127 Å². The molecule has 0 spiro atoms. The van der Waals surface area contributed by atoms with Gasteiger partial charge in [-0.15, -0.1) is 10.2 Å². The molecule has 154 valence electrons. The summed E-state index contributed by atoms with van der Waals surface area (Å²) in [6.45, 7) is 0. The van der Waals surface area contributed by atoms with E-state index < -0.39 is 4.92 Å². The molecule has 0 fully saturated rings. The summed E-state index contributed by atoms with van der Waals surface area (Å²) >= 11 is 2.26. The lowest BCUT2D eigenvalue weighted by Crippen LogP contribution is -2.14. The second-order valence-corrected chi connectivity index (χ2v) is 8.07. The highest BCUT2D eigenvalue weighted by Crippen LogP contribution is 2.26. The molecule has 2 aromatic carbocycles. The van der Waals surface area contributed by atoms with Gasteiger partial charge >= 0.3 is 0 Å². The number of anilines is 2. The summed E-state index contributed by atoms with van der Waals surface area (Å²) in [5.74, 6) is -0.950. The van der Waals surface area contributed by atoms with Crippen molar-refractivity contribution >= 4 is 51.4 Å². The minimum Gasteiger partial charge on any atom is -0.325 e. The molecule has 0 atom stereocenters. The van der Waals surface area contributed by atoms with E-state index in [2.05, 4.69) is 20.8 Å². The van der Waals surface area contributed by atoms with Gasteiger partial charge in [0.15, 0.2) is 4.34 Å². The van der Waals surface area contributed by atoms with Gasteiger partial charge < -0.3 is 10.6 Å². The maximum atomic E-state index is 12.9. The fourth-order valence-corrected chi connectivity index (χ4v) is 3.83. The molecule has 0 aliphatic heterocycles. The summed E-state index contributed by atoms with van der Waals surface area (Å²) in [4.78, 5) is 34.2. The Kier molecular flexibility index (Phi) is 7.03. The fourth-order valence-electron chi connectivity index (χ4n) is 2.26. The lowest BCUT2D eigenvalue weighted by atomic mass is 10.1. The second-order valence-electron chi connectivity index (χ2n) is 5.87. The van der Waals surface area contributed by atoms with Crippen LogP contribution in [-0.4, -0.2) is 32.7 Å². The van der Waals surface area contributed by atoms with Crippen molar-refractivity contribution in [1.29, 1.82) is 0 Å². The summed E-state index contributed by atoms with van der Waals surface area (Å²) in [5.41, 5.74) is 1.04. The Labute approximate surface area is 177 Å². The van der Waals surface area contributed by atoms with Gasteiger partial charge in [-0.2, -0.15) is 0 Å². The van der Waals surface area contributed by atoms with E-state index in [1.165, 1.54) is 48.5 Å². The van der Waals surface area contributed by atoms with Crippen LogP contribution in [0.3, 0.4) is 0 Å². The molecule has 2 N–H and O–H groups in total. The van der Waals surface area contributed by atoms with Crippen LogP contribution in [0.25, 0.3) is 0 Å². The Morgan fingerprint density at radius 3 is 2.40 bits per heavy atom. The van der Waals surface area contributed by atoms with Crippen molar-refractivity contribution in [3.05, 3.63) is 70.0 Å². The van der Waals surface area contributed by atoms with Gasteiger partial charge in [-0.3, -0.25) is 19.7 Å². The number of carbonyl (C=O) groups is 2. The highest BCUT2D eigenvalue weighted by molar-refractivity contribution is 8.01. The van der Waals surface area contributed by atoms with Crippen molar-refractivity contribution in [3.8, 4) is 0 Å². The summed E-state index contributed by atoms with van der Waals surface area (Å²) in [6.07, 6.45) is 0.0694. The Morgan fingerprint density at radius 1 is 1.03 bits per heavy atom. The van der Waals surface area contributed by atoms with Crippen molar-refractivity contribution in [3.63, 3.8) is 0 Å². The number of hydrogen-bond acceptors (Lipinski definition) is 8. The Morgan fingerprint density at radius 2 is 1.73 bits per heavy atom. The number of halogens is 1. The zero-order chi connectivity index (χ0) is 21.5. The number of thioether (sulfide) groups is 1. The summed E-state index contributed by atoms with van der Waals surface area (Å²) in [6, 6.07) is 11.1. The quantitative estimate of drug-likeness (QED) is 0.234. The van der Waals surface area contributed by atoms with Crippen LogP contribution in [0.5, 0.6) is 0 Å². The molecule has 0 bridgehead atoms. The maximum absolute atomic E-state index is 12.9. The Hall–Kier alpha value is -3.38. The Balaban J connectivity index is 1.45. The molecule has 3 aromatic rings. The third kappa shape index (κ3) is 6.32. The fraction of sp³-hybridized carbons (Fsp3) is 0.111. The lowest BCUT2D eigenvalue weighted by Gasteiger charge is -2.03. The minimum absolute atomic E-state index is 0.0507. The number of carbonyl (C=O) groups excluding carboxylic acids is 2. The summed E-state index contributed by atoms with van der Waals surface area (Å²) in [7, 11) is 0. The third-order valence-electron chi connectivity index (χ3n) is 3.62. The molecule has 0 radical (unpaired) electrons. The first-order valence-corrected chi connectivity index (χ1v) is 10.2. The number of nitro benzene ring substituents is 1. The molecule has 9 nitrogen and oxygen atoms in total. The van der Waals surface area contributed by atoms with Crippen LogP contribution in [0.1, 0.15) is 5.56 Å². The number of benzene rings is 2. The largest absolute Gasteiger partial charge is 0.325 e. The highest BCUT2D eigenvalue weighted by atomic mass is 32.2. The third-order valence-corrected chi connectivity index (χ3v) is 5.59. The highest BCUT2D eigenvalue weighted by Gasteiger charge is 2.12. The molecule has 12 heteroatoms. The number of amides is 2. The van der Waals surface area contributed by atoms with E-state index in [9.17, 15) is 24.1 Å². The molecular weight excluding hydrogens is 433 g/mol. The predicted octanol–water partition coefficient (Wildman–Crippen LogP) is 3.50. The van der Waals surface area contributed by atoms with Gasteiger partial charge in [0.25, 0.3) is 5.69 Å². The van der Waals surface area contributed by atoms with Gasteiger partial charge in [0, 0.05) is 17.8 Å². The van der Waals surface area contributed by atoms with Gasteiger partial charge in [-0.05, 0) is 29.8 Å². The van der Waals surface area contributed by atoms with Crippen LogP contribution in [0, 0.1) is 15.9 Å². The van der Waals surface area contributed by atoms with E-state index in [1.54, 1.807) is 0 Å². The number of nitro groups is 1. The molecule has 0 aliphatic rings. The van der Waals surface area contributed by atoms with Gasteiger partial charge in [0.1, 0.15) is 5.82 Å². The van der Waals surface area contributed by atoms with E-state index >= 15 is 0 Å². The minimum atomic E-state index is -0.521. The Bertz CT molecular complexity index is 1060. The number of nitrogens with one attached hydrogen (secondary N) is 2. The number of nitrogens with zero attached hydrogens (tertiary/aromatic N) is 3. The van der Waals surface area contributed by atoms with E-state index in [0.717, 1.165) is 23.1 Å². The number of hydrogen-bond donors (Lipinski definition) is 2. The normalized spacial score (nSPS) is 10.4. The van der Waals surface area contributed by atoms with Crippen LogP contribution in [0.4, 0.5) is 20.9 Å². The molecule has 1 heterocycles. The average molecular weight is 447 g/mol. The van der Waals surface area contributed by atoms with E-state index in [4.69, 9.17) is 0 Å². The SMILES string of the molecule is O=C(CSc1nnc(NC(=O)Cc2ccc(F)cc2)s1)Nc1ccc([N+](=O)[O-])cc1. The van der Waals surface area contributed by atoms with Crippen molar-refractivity contribution in [2.75, 3.05) is 16.4 Å². The molecule has 0 unspecified atom stereocenters. The van der Waals surface area contributed by atoms with E-state index in [0.29, 0.717) is 20.7 Å². The number of aromatic nitrogens is 2. The first-order valence-electron chi connectivity index (χ1n) is 8.44.